The molecule has 0 bridgehead atoms. The molecule has 2 aromatic carbocycles. The van der Waals surface area contributed by atoms with Gasteiger partial charge >= 0.3 is 0 Å². The van der Waals surface area contributed by atoms with Gasteiger partial charge < -0.3 is 5.32 Å². The van der Waals surface area contributed by atoms with Crippen LogP contribution in [0.5, 0.6) is 0 Å². The summed E-state index contributed by atoms with van der Waals surface area (Å²) in [7, 11) is 0. The molecule has 0 heterocycles. The number of rotatable bonds is 6. The van der Waals surface area contributed by atoms with E-state index >= 15 is 0 Å². The molecule has 1 atom stereocenters. The summed E-state index contributed by atoms with van der Waals surface area (Å²) in [6, 6.07) is 17.2. The highest BCUT2D eigenvalue weighted by Crippen LogP contribution is 2.26. The summed E-state index contributed by atoms with van der Waals surface area (Å²) >= 11 is 0. The molecule has 4 heteroatoms. The highest BCUT2D eigenvalue weighted by molar-refractivity contribution is 5.86. The molecule has 2 aromatic rings. The second-order valence-electron chi connectivity index (χ2n) is 5.72. The third-order valence-electron chi connectivity index (χ3n) is 3.46. The van der Waals surface area contributed by atoms with Crippen LogP contribution in [-0.4, -0.2) is 17.7 Å². The SMILES string of the molecule is CC(C)CNc1ccc(C(C(=O)NO)c2ccccc2)cc1. The first kappa shape index (κ1) is 16.0. The average molecular weight is 298 g/mol. The minimum absolute atomic E-state index is 0.436. The van der Waals surface area contributed by atoms with E-state index < -0.39 is 11.8 Å². The molecule has 0 aliphatic rings. The molecule has 0 spiro atoms. The summed E-state index contributed by atoms with van der Waals surface area (Å²) < 4.78 is 0. The molecule has 0 aromatic heterocycles. The molecule has 0 aliphatic heterocycles. The first-order chi connectivity index (χ1) is 10.6. The van der Waals surface area contributed by atoms with Crippen molar-refractivity contribution in [2.45, 2.75) is 19.8 Å². The zero-order valence-corrected chi connectivity index (χ0v) is 12.9. The van der Waals surface area contributed by atoms with Gasteiger partial charge in [0.2, 0.25) is 0 Å². The number of amides is 1. The van der Waals surface area contributed by atoms with E-state index in [1.54, 1.807) is 5.48 Å². The summed E-state index contributed by atoms with van der Waals surface area (Å²) in [5.41, 5.74) is 4.47. The second kappa shape index (κ2) is 7.61. The van der Waals surface area contributed by atoms with Crippen molar-refractivity contribution in [1.82, 2.24) is 5.48 Å². The summed E-state index contributed by atoms with van der Waals surface area (Å²) in [5.74, 6) is -0.392. The van der Waals surface area contributed by atoms with Crippen molar-refractivity contribution in [3.63, 3.8) is 0 Å². The molecule has 0 aliphatic carbocycles. The van der Waals surface area contributed by atoms with Gasteiger partial charge in [-0.3, -0.25) is 10.0 Å². The Hall–Kier alpha value is -2.33. The summed E-state index contributed by atoms with van der Waals surface area (Å²) in [6.45, 7) is 5.20. The van der Waals surface area contributed by atoms with Crippen molar-refractivity contribution in [2.75, 3.05) is 11.9 Å². The molecule has 0 saturated heterocycles. The van der Waals surface area contributed by atoms with E-state index in [4.69, 9.17) is 5.21 Å². The molecular formula is C18H22N2O2. The van der Waals surface area contributed by atoms with Crippen molar-refractivity contribution in [3.05, 3.63) is 65.7 Å². The van der Waals surface area contributed by atoms with E-state index in [-0.39, 0.29) is 0 Å². The zero-order chi connectivity index (χ0) is 15.9. The minimum Gasteiger partial charge on any atom is -0.385 e. The van der Waals surface area contributed by atoms with Crippen molar-refractivity contribution in [3.8, 4) is 0 Å². The van der Waals surface area contributed by atoms with Gasteiger partial charge in [-0.2, -0.15) is 0 Å². The van der Waals surface area contributed by atoms with E-state index in [9.17, 15) is 4.79 Å². The topological polar surface area (TPSA) is 61.4 Å². The first-order valence-corrected chi connectivity index (χ1v) is 7.44. The van der Waals surface area contributed by atoms with Gasteiger partial charge in [-0.25, -0.2) is 5.48 Å². The molecule has 2 rings (SSSR count). The Kier molecular flexibility index (Phi) is 5.55. The van der Waals surface area contributed by atoms with Gasteiger partial charge in [0.05, 0.1) is 5.92 Å². The van der Waals surface area contributed by atoms with Crippen LogP contribution in [0.25, 0.3) is 0 Å². The number of hydrogen-bond donors (Lipinski definition) is 3. The number of anilines is 1. The molecular weight excluding hydrogens is 276 g/mol. The molecule has 0 radical (unpaired) electrons. The van der Waals surface area contributed by atoms with Gasteiger partial charge in [-0.05, 0) is 29.2 Å². The lowest BCUT2D eigenvalue weighted by Crippen LogP contribution is -2.27. The monoisotopic (exact) mass is 298 g/mol. The normalized spacial score (nSPS) is 12.0. The molecule has 0 fully saturated rings. The Morgan fingerprint density at radius 1 is 1.00 bits per heavy atom. The largest absolute Gasteiger partial charge is 0.385 e. The van der Waals surface area contributed by atoms with Crippen molar-refractivity contribution >= 4 is 11.6 Å². The lowest BCUT2D eigenvalue weighted by molar-refractivity contribution is -0.129. The lowest BCUT2D eigenvalue weighted by atomic mass is 9.90. The number of carbonyl (C=O) groups is 1. The fraction of sp³-hybridized carbons (Fsp3) is 0.278. The van der Waals surface area contributed by atoms with Crippen LogP contribution in [0.3, 0.4) is 0 Å². The highest BCUT2D eigenvalue weighted by Gasteiger charge is 2.22. The van der Waals surface area contributed by atoms with Crippen LogP contribution in [0.2, 0.25) is 0 Å². The van der Waals surface area contributed by atoms with Gasteiger partial charge in [0.1, 0.15) is 0 Å². The maximum atomic E-state index is 12.0. The van der Waals surface area contributed by atoms with E-state index in [0.29, 0.717) is 5.92 Å². The Morgan fingerprint density at radius 3 is 2.14 bits per heavy atom. The molecule has 0 saturated carbocycles. The van der Waals surface area contributed by atoms with Gasteiger partial charge in [0.25, 0.3) is 5.91 Å². The smallest absolute Gasteiger partial charge is 0.255 e. The van der Waals surface area contributed by atoms with Crippen LogP contribution in [0.1, 0.15) is 30.9 Å². The summed E-state index contributed by atoms with van der Waals surface area (Å²) in [6.07, 6.45) is 0. The predicted molar refractivity (Wildman–Crippen MR) is 88.0 cm³/mol. The fourth-order valence-electron chi connectivity index (χ4n) is 2.32. The van der Waals surface area contributed by atoms with Gasteiger partial charge in [-0.1, -0.05) is 56.3 Å². The Bertz CT molecular complexity index is 594. The third kappa shape index (κ3) is 4.09. The van der Waals surface area contributed by atoms with Crippen LogP contribution in [0.15, 0.2) is 54.6 Å². The summed E-state index contributed by atoms with van der Waals surface area (Å²) in [4.78, 5) is 12.0. The van der Waals surface area contributed by atoms with Crippen LogP contribution in [0, 0.1) is 5.92 Å². The highest BCUT2D eigenvalue weighted by atomic mass is 16.5. The molecule has 4 nitrogen and oxygen atoms in total. The molecule has 1 unspecified atom stereocenters. The van der Waals surface area contributed by atoms with E-state index in [0.717, 1.165) is 23.4 Å². The van der Waals surface area contributed by atoms with E-state index in [2.05, 4.69) is 19.2 Å². The predicted octanol–water partition coefficient (Wildman–Crippen LogP) is 3.39. The maximum absolute atomic E-state index is 12.0. The summed E-state index contributed by atoms with van der Waals surface area (Å²) in [5, 5.41) is 12.4. The van der Waals surface area contributed by atoms with Crippen molar-refractivity contribution < 1.29 is 10.0 Å². The van der Waals surface area contributed by atoms with Crippen LogP contribution in [0.4, 0.5) is 5.69 Å². The molecule has 22 heavy (non-hydrogen) atoms. The number of carbonyl (C=O) groups excluding carboxylic acids is 1. The zero-order valence-electron chi connectivity index (χ0n) is 12.9. The number of nitrogens with one attached hydrogen (secondary N) is 2. The second-order valence-corrected chi connectivity index (χ2v) is 5.72. The standard InChI is InChI=1S/C18H22N2O2/c1-13(2)12-19-16-10-8-15(9-11-16)17(18(21)20-22)14-6-4-3-5-7-14/h3-11,13,17,19,22H,12H2,1-2H3,(H,20,21). The Morgan fingerprint density at radius 2 is 1.59 bits per heavy atom. The van der Waals surface area contributed by atoms with E-state index in [1.807, 2.05) is 54.6 Å². The van der Waals surface area contributed by atoms with Gasteiger partial charge in [0, 0.05) is 12.2 Å². The third-order valence-corrected chi connectivity index (χ3v) is 3.46. The van der Waals surface area contributed by atoms with E-state index in [1.165, 1.54) is 0 Å². The van der Waals surface area contributed by atoms with Crippen molar-refractivity contribution in [1.29, 1.82) is 0 Å². The fourth-order valence-corrected chi connectivity index (χ4v) is 2.32. The maximum Gasteiger partial charge on any atom is 0.255 e. The molecule has 3 N–H and O–H groups in total. The molecule has 116 valence electrons. The van der Waals surface area contributed by atoms with Crippen molar-refractivity contribution in [2.24, 2.45) is 5.92 Å². The van der Waals surface area contributed by atoms with Crippen LogP contribution in [-0.2, 0) is 4.79 Å². The number of benzene rings is 2. The lowest BCUT2D eigenvalue weighted by Gasteiger charge is -2.17. The Labute approximate surface area is 131 Å². The first-order valence-electron chi connectivity index (χ1n) is 7.44. The Balaban J connectivity index is 2.23. The average Bonchev–Trinajstić information content (AvgIpc) is 2.55. The minimum atomic E-state index is -0.523. The molecule has 1 amide bonds. The van der Waals surface area contributed by atoms with Gasteiger partial charge in [0.15, 0.2) is 0 Å². The quantitative estimate of drug-likeness (QED) is 0.566. The number of hydroxylamine groups is 1. The van der Waals surface area contributed by atoms with Crippen LogP contribution < -0.4 is 10.8 Å². The number of hydrogen-bond acceptors (Lipinski definition) is 3. The van der Waals surface area contributed by atoms with Gasteiger partial charge in [-0.15, -0.1) is 0 Å². The van der Waals surface area contributed by atoms with Crippen LogP contribution >= 0.6 is 0 Å².